The molecule has 1 N–H and O–H groups in total. The van der Waals surface area contributed by atoms with Crippen LogP contribution in [-0.2, 0) is 6.18 Å². The molecule has 0 aliphatic heterocycles. The van der Waals surface area contributed by atoms with Crippen LogP contribution in [0.2, 0.25) is 5.02 Å². The second-order valence-corrected chi connectivity index (χ2v) is 6.38. The number of aromatic nitrogens is 2. The van der Waals surface area contributed by atoms with Crippen molar-refractivity contribution in [1.82, 2.24) is 9.55 Å². The zero-order chi connectivity index (χ0) is 19.0. The van der Waals surface area contributed by atoms with Crippen molar-refractivity contribution in [3.8, 4) is 5.69 Å². The highest BCUT2D eigenvalue weighted by Crippen LogP contribution is 2.33. The van der Waals surface area contributed by atoms with Gasteiger partial charge in [-0.15, -0.1) is 0 Å². The van der Waals surface area contributed by atoms with Crippen LogP contribution in [0.4, 0.5) is 24.8 Å². The molecule has 27 heavy (non-hydrogen) atoms. The second kappa shape index (κ2) is 6.63. The van der Waals surface area contributed by atoms with E-state index in [1.807, 2.05) is 30.3 Å². The van der Waals surface area contributed by atoms with Crippen molar-refractivity contribution in [2.75, 3.05) is 5.32 Å². The number of hydrogen-bond acceptors (Lipinski definition) is 2. The molecule has 0 saturated carbocycles. The number of imidazole rings is 1. The normalized spacial score (nSPS) is 11.7. The van der Waals surface area contributed by atoms with Crippen molar-refractivity contribution in [2.24, 2.45) is 0 Å². The van der Waals surface area contributed by atoms with Crippen molar-refractivity contribution in [3.05, 3.63) is 83.4 Å². The van der Waals surface area contributed by atoms with Gasteiger partial charge in [-0.05, 0) is 48.5 Å². The Labute approximate surface area is 158 Å². The van der Waals surface area contributed by atoms with Gasteiger partial charge in [0.25, 0.3) is 0 Å². The molecule has 0 aliphatic rings. The maximum Gasteiger partial charge on any atom is 0.416 e. The Morgan fingerprint density at radius 1 is 0.889 bits per heavy atom. The van der Waals surface area contributed by atoms with Gasteiger partial charge in [-0.1, -0.05) is 35.9 Å². The van der Waals surface area contributed by atoms with Crippen LogP contribution in [0.1, 0.15) is 5.56 Å². The standard InChI is InChI=1S/C20H13ClF3N3/c21-14-6-4-7-15(12-14)25-19-26-17-9-1-2-10-18(17)27(19)16-8-3-5-13(11-16)20(22,23)24/h1-12H,(H,25,26). The van der Waals surface area contributed by atoms with Gasteiger partial charge in [-0.25, -0.2) is 4.98 Å². The molecule has 1 heterocycles. The van der Waals surface area contributed by atoms with Crippen LogP contribution in [-0.4, -0.2) is 9.55 Å². The largest absolute Gasteiger partial charge is 0.416 e. The summed E-state index contributed by atoms with van der Waals surface area (Å²) in [5.41, 5.74) is 1.70. The molecular formula is C20H13ClF3N3. The summed E-state index contributed by atoms with van der Waals surface area (Å²) in [7, 11) is 0. The minimum absolute atomic E-state index is 0.364. The lowest BCUT2D eigenvalue weighted by molar-refractivity contribution is -0.137. The fourth-order valence-electron chi connectivity index (χ4n) is 2.89. The highest BCUT2D eigenvalue weighted by atomic mass is 35.5. The lowest BCUT2D eigenvalue weighted by Gasteiger charge is -2.13. The van der Waals surface area contributed by atoms with Crippen molar-refractivity contribution in [3.63, 3.8) is 0 Å². The predicted molar refractivity (Wildman–Crippen MR) is 101 cm³/mol. The van der Waals surface area contributed by atoms with E-state index in [2.05, 4.69) is 10.3 Å². The Balaban J connectivity index is 1.89. The molecule has 3 nitrogen and oxygen atoms in total. The summed E-state index contributed by atoms with van der Waals surface area (Å²) in [5.74, 6) is 0.401. The van der Waals surface area contributed by atoms with Gasteiger partial charge in [0.2, 0.25) is 5.95 Å². The number of para-hydroxylation sites is 2. The smallest absolute Gasteiger partial charge is 0.325 e. The molecule has 0 saturated heterocycles. The number of nitrogens with zero attached hydrogens (tertiary/aromatic N) is 2. The third-order valence-corrected chi connectivity index (χ3v) is 4.31. The van der Waals surface area contributed by atoms with E-state index in [0.29, 0.717) is 33.4 Å². The van der Waals surface area contributed by atoms with E-state index in [9.17, 15) is 13.2 Å². The fourth-order valence-corrected chi connectivity index (χ4v) is 3.08. The van der Waals surface area contributed by atoms with Gasteiger partial charge in [0.1, 0.15) is 0 Å². The SMILES string of the molecule is FC(F)(F)c1cccc(-n2c(Nc3cccc(Cl)c3)nc3ccccc32)c1. The number of nitrogens with one attached hydrogen (secondary N) is 1. The first-order valence-corrected chi connectivity index (χ1v) is 8.47. The molecule has 136 valence electrons. The van der Waals surface area contributed by atoms with Gasteiger partial charge in [-0.2, -0.15) is 13.2 Å². The van der Waals surface area contributed by atoms with Gasteiger partial charge in [0, 0.05) is 16.4 Å². The molecule has 3 aromatic carbocycles. The van der Waals surface area contributed by atoms with Crippen LogP contribution in [0.5, 0.6) is 0 Å². The summed E-state index contributed by atoms with van der Waals surface area (Å²) in [5, 5.41) is 3.69. The highest BCUT2D eigenvalue weighted by molar-refractivity contribution is 6.30. The Morgan fingerprint density at radius 3 is 2.44 bits per heavy atom. The van der Waals surface area contributed by atoms with Crippen molar-refractivity contribution < 1.29 is 13.2 Å². The van der Waals surface area contributed by atoms with Crippen molar-refractivity contribution in [2.45, 2.75) is 6.18 Å². The number of anilines is 2. The minimum Gasteiger partial charge on any atom is -0.325 e. The van der Waals surface area contributed by atoms with Crippen LogP contribution in [0.3, 0.4) is 0 Å². The molecule has 0 atom stereocenters. The topological polar surface area (TPSA) is 29.9 Å². The maximum atomic E-state index is 13.2. The van der Waals surface area contributed by atoms with Crippen LogP contribution in [0.15, 0.2) is 72.8 Å². The van der Waals surface area contributed by atoms with Gasteiger partial charge in [0.05, 0.1) is 16.6 Å². The Morgan fingerprint density at radius 2 is 1.67 bits per heavy atom. The Kier molecular flexibility index (Phi) is 4.28. The number of rotatable bonds is 3. The first-order chi connectivity index (χ1) is 12.9. The van der Waals surface area contributed by atoms with E-state index in [4.69, 9.17) is 11.6 Å². The van der Waals surface area contributed by atoms with Crippen LogP contribution in [0.25, 0.3) is 16.7 Å². The molecule has 0 radical (unpaired) electrons. The zero-order valence-electron chi connectivity index (χ0n) is 13.8. The quantitative estimate of drug-likeness (QED) is 0.438. The summed E-state index contributed by atoms with van der Waals surface area (Å²) in [4.78, 5) is 4.53. The summed E-state index contributed by atoms with van der Waals surface area (Å²) >= 11 is 6.03. The molecule has 4 rings (SSSR count). The third kappa shape index (κ3) is 3.48. The molecule has 0 unspecified atom stereocenters. The molecule has 7 heteroatoms. The summed E-state index contributed by atoms with van der Waals surface area (Å²) < 4.78 is 41.1. The molecule has 1 aromatic heterocycles. The summed E-state index contributed by atoms with van der Waals surface area (Å²) in [6.07, 6.45) is -4.42. The van der Waals surface area contributed by atoms with Gasteiger partial charge in [-0.3, -0.25) is 4.57 Å². The highest BCUT2D eigenvalue weighted by Gasteiger charge is 2.30. The van der Waals surface area contributed by atoms with Crippen LogP contribution >= 0.6 is 11.6 Å². The number of halogens is 4. The average Bonchev–Trinajstić information content (AvgIpc) is 2.99. The molecule has 0 aliphatic carbocycles. The second-order valence-electron chi connectivity index (χ2n) is 5.94. The van der Waals surface area contributed by atoms with Crippen molar-refractivity contribution >= 4 is 34.3 Å². The molecule has 0 bridgehead atoms. The van der Waals surface area contributed by atoms with E-state index < -0.39 is 11.7 Å². The lowest BCUT2D eigenvalue weighted by atomic mass is 10.2. The zero-order valence-corrected chi connectivity index (χ0v) is 14.6. The predicted octanol–water partition coefficient (Wildman–Crippen LogP) is 6.44. The summed E-state index contributed by atoms with van der Waals surface area (Å²) in [6, 6.07) is 19.5. The average molecular weight is 388 g/mol. The van der Waals surface area contributed by atoms with E-state index in [-0.39, 0.29) is 0 Å². The molecule has 0 spiro atoms. The molecule has 0 fully saturated rings. The van der Waals surface area contributed by atoms with Crippen LogP contribution in [0, 0.1) is 0 Å². The Bertz CT molecular complexity index is 1120. The molecule has 0 amide bonds. The fraction of sp³-hybridized carbons (Fsp3) is 0.0500. The Hall–Kier alpha value is -2.99. The number of fused-ring (bicyclic) bond motifs is 1. The first-order valence-electron chi connectivity index (χ1n) is 8.09. The van der Waals surface area contributed by atoms with Crippen molar-refractivity contribution in [1.29, 1.82) is 0 Å². The van der Waals surface area contributed by atoms with Gasteiger partial charge >= 0.3 is 6.18 Å². The monoisotopic (exact) mass is 387 g/mol. The molecule has 4 aromatic rings. The van der Waals surface area contributed by atoms with E-state index in [0.717, 1.165) is 12.1 Å². The van der Waals surface area contributed by atoms with Crippen LogP contribution < -0.4 is 5.32 Å². The minimum atomic E-state index is -4.42. The maximum absolute atomic E-state index is 13.2. The number of alkyl halides is 3. The summed E-state index contributed by atoms with van der Waals surface area (Å²) in [6.45, 7) is 0. The number of hydrogen-bond donors (Lipinski definition) is 1. The lowest BCUT2D eigenvalue weighted by Crippen LogP contribution is -2.07. The van der Waals surface area contributed by atoms with Gasteiger partial charge < -0.3 is 5.32 Å². The van der Waals surface area contributed by atoms with Gasteiger partial charge in [0.15, 0.2) is 0 Å². The van der Waals surface area contributed by atoms with E-state index in [1.54, 1.807) is 28.8 Å². The third-order valence-electron chi connectivity index (χ3n) is 4.07. The van der Waals surface area contributed by atoms with E-state index >= 15 is 0 Å². The molecular weight excluding hydrogens is 375 g/mol. The number of benzene rings is 3. The first kappa shape index (κ1) is 17.4. The van der Waals surface area contributed by atoms with E-state index in [1.165, 1.54) is 6.07 Å².